The molecule has 0 aliphatic carbocycles. The Balaban J connectivity index is 1.58. The van der Waals surface area contributed by atoms with Gasteiger partial charge in [-0.05, 0) is 24.5 Å². The molecule has 0 bridgehead atoms. The lowest BCUT2D eigenvalue weighted by atomic mass is 9.85. The lowest BCUT2D eigenvalue weighted by Crippen LogP contribution is -2.45. The Kier molecular flexibility index (Phi) is 5.65. The number of rotatable bonds is 7. The van der Waals surface area contributed by atoms with Crippen LogP contribution < -0.4 is 4.74 Å². The van der Waals surface area contributed by atoms with Gasteiger partial charge in [-0.1, -0.05) is 18.2 Å². The van der Waals surface area contributed by atoms with Crippen LogP contribution in [0.4, 0.5) is 4.39 Å². The third-order valence-electron chi connectivity index (χ3n) is 4.86. The molecule has 1 N–H and O–H groups in total. The molecule has 136 valence electrons. The van der Waals surface area contributed by atoms with Crippen LogP contribution in [-0.2, 0) is 19.5 Å². The summed E-state index contributed by atoms with van der Waals surface area (Å²) in [5.74, 6) is 1.59. The fourth-order valence-electron chi connectivity index (χ4n) is 3.39. The minimum Gasteiger partial charge on any atom is -0.496 e. The van der Waals surface area contributed by atoms with Gasteiger partial charge in [0.1, 0.15) is 24.6 Å². The zero-order chi connectivity index (χ0) is 17.7. The zero-order valence-electron chi connectivity index (χ0n) is 14.6. The monoisotopic (exact) mass is 348 g/mol. The molecule has 2 aromatic rings. The normalized spacial score (nSPS) is 17.6. The first-order valence-electron chi connectivity index (χ1n) is 8.63. The van der Waals surface area contributed by atoms with Crippen LogP contribution in [0.5, 0.6) is 5.75 Å². The van der Waals surface area contributed by atoms with Crippen LogP contribution in [0.25, 0.3) is 0 Å². The van der Waals surface area contributed by atoms with E-state index in [9.17, 15) is 9.50 Å². The molecule has 6 nitrogen and oxygen atoms in total. The molecule has 7 heteroatoms. The average Bonchev–Trinajstić information content (AvgIpc) is 3.05. The standard InChI is InChI=1S/C18H25FN4O2/c1-25-16-5-3-2-4-15(16)12-18(24)6-9-22(10-7-18)13-17-20-14-21-23(17)11-8-19/h2-5,14,24H,6-13H2,1H3. The van der Waals surface area contributed by atoms with E-state index in [0.29, 0.717) is 25.8 Å². The Hall–Kier alpha value is -1.99. The number of hydrogen-bond acceptors (Lipinski definition) is 5. The molecule has 1 fully saturated rings. The maximum atomic E-state index is 12.5. The Morgan fingerprint density at radius 3 is 2.76 bits per heavy atom. The average molecular weight is 348 g/mol. The van der Waals surface area contributed by atoms with E-state index >= 15 is 0 Å². The van der Waals surface area contributed by atoms with E-state index in [-0.39, 0.29) is 6.54 Å². The summed E-state index contributed by atoms with van der Waals surface area (Å²) >= 11 is 0. The van der Waals surface area contributed by atoms with Gasteiger partial charge in [0.05, 0.1) is 25.8 Å². The number of nitrogens with zero attached hydrogens (tertiary/aromatic N) is 4. The smallest absolute Gasteiger partial charge is 0.141 e. The predicted molar refractivity (Wildman–Crippen MR) is 92.2 cm³/mol. The van der Waals surface area contributed by atoms with Crippen molar-refractivity contribution >= 4 is 0 Å². The second-order valence-electron chi connectivity index (χ2n) is 6.58. The highest BCUT2D eigenvalue weighted by Gasteiger charge is 2.33. The largest absolute Gasteiger partial charge is 0.496 e. The molecule has 0 atom stereocenters. The van der Waals surface area contributed by atoms with Crippen LogP contribution in [0.2, 0.25) is 0 Å². The van der Waals surface area contributed by atoms with Gasteiger partial charge in [-0.25, -0.2) is 14.1 Å². The van der Waals surface area contributed by atoms with Gasteiger partial charge < -0.3 is 9.84 Å². The summed E-state index contributed by atoms with van der Waals surface area (Å²) in [4.78, 5) is 6.45. The SMILES string of the molecule is COc1ccccc1CC1(O)CCN(Cc2ncnn2CCF)CC1. The van der Waals surface area contributed by atoms with Crippen LogP contribution in [0.3, 0.4) is 0 Å². The molecule has 1 aromatic carbocycles. The Labute approximate surface area is 147 Å². The fraction of sp³-hybridized carbons (Fsp3) is 0.556. The first kappa shape index (κ1) is 17.8. The molecule has 0 saturated carbocycles. The van der Waals surface area contributed by atoms with Crippen molar-refractivity contribution in [2.24, 2.45) is 0 Å². The first-order chi connectivity index (χ1) is 12.1. The van der Waals surface area contributed by atoms with Crippen molar-refractivity contribution in [1.29, 1.82) is 0 Å². The Morgan fingerprint density at radius 2 is 2.04 bits per heavy atom. The van der Waals surface area contributed by atoms with Crippen LogP contribution in [-0.4, -0.2) is 57.2 Å². The summed E-state index contributed by atoms with van der Waals surface area (Å²) in [6.07, 6.45) is 3.42. The molecule has 1 aromatic heterocycles. The van der Waals surface area contributed by atoms with Gasteiger partial charge >= 0.3 is 0 Å². The maximum absolute atomic E-state index is 12.5. The second kappa shape index (κ2) is 7.93. The topological polar surface area (TPSA) is 63.4 Å². The van der Waals surface area contributed by atoms with E-state index in [1.165, 1.54) is 6.33 Å². The highest BCUT2D eigenvalue weighted by Crippen LogP contribution is 2.30. The van der Waals surface area contributed by atoms with E-state index in [1.807, 2.05) is 24.3 Å². The molecular weight excluding hydrogens is 323 g/mol. The van der Waals surface area contributed by atoms with Gasteiger partial charge in [-0.2, -0.15) is 5.10 Å². The number of likely N-dealkylation sites (tertiary alicyclic amines) is 1. The summed E-state index contributed by atoms with van der Waals surface area (Å²) in [7, 11) is 1.65. The lowest BCUT2D eigenvalue weighted by molar-refractivity contribution is -0.0235. The van der Waals surface area contributed by atoms with Gasteiger partial charge in [0, 0.05) is 19.5 Å². The maximum Gasteiger partial charge on any atom is 0.141 e. The van der Waals surface area contributed by atoms with E-state index in [1.54, 1.807) is 11.8 Å². The number of aromatic nitrogens is 3. The molecule has 1 aliphatic rings. The molecule has 3 rings (SSSR count). The number of halogens is 1. The second-order valence-corrected chi connectivity index (χ2v) is 6.58. The quantitative estimate of drug-likeness (QED) is 0.827. The van der Waals surface area contributed by atoms with Crippen molar-refractivity contribution in [1.82, 2.24) is 19.7 Å². The van der Waals surface area contributed by atoms with Crippen LogP contribution in [0.1, 0.15) is 24.2 Å². The molecule has 25 heavy (non-hydrogen) atoms. The Morgan fingerprint density at radius 1 is 1.28 bits per heavy atom. The molecular formula is C18H25FN4O2. The van der Waals surface area contributed by atoms with E-state index in [0.717, 1.165) is 30.2 Å². The third kappa shape index (κ3) is 4.35. The van der Waals surface area contributed by atoms with E-state index < -0.39 is 12.3 Å². The fourth-order valence-corrected chi connectivity index (χ4v) is 3.39. The van der Waals surface area contributed by atoms with Gasteiger partial charge in [0.15, 0.2) is 0 Å². The Bertz CT molecular complexity index is 683. The summed E-state index contributed by atoms with van der Waals surface area (Å²) in [5.41, 5.74) is 0.307. The number of methoxy groups -OCH3 is 1. The zero-order valence-corrected chi connectivity index (χ0v) is 14.6. The molecule has 1 aliphatic heterocycles. The number of ether oxygens (including phenoxy) is 1. The minimum atomic E-state index is -0.724. The molecule has 0 radical (unpaired) electrons. The number of benzene rings is 1. The summed E-state index contributed by atoms with van der Waals surface area (Å²) in [5, 5.41) is 15.0. The number of alkyl halides is 1. The number of hydrogen-bond donors (Lipinski definition) is 1. The summed E-state index contributed by atoms with van der Waals surface area (Å²) in [6.45, 7) is 1.96. The molecule has 1 saturated heterocycles. The van der Waals surface area contributed by atoms with Crippen molar-refractivity contribution < 1.29 is 14.2 Å². The van der Waals surface area contributed by atoms with Crippen LogP contribution in [0, 0.1) is 0 Å². The molecule has 2 heterocycles. The third-order valence-corrected chi connectivity index (χ3v) is 4.86. The molecule has 0 unspecified atom stereocenters. The van der Waals surface area contributed by atoms with E-state index in [2.05, 4.69) is 15.0 Å². The first-order valence-corrected chi connectivity index (χ1v) is 8.63. The summed E-state index contributed by atoms with van der Waals surface area (Å²) < 4.78 is 19.5. The highest BCUT2D eigenvalue weighted by molar-refractivity contribution is 5.34. The van der Waals surface area contributed by atoms with Crippen molar-refractivity contribution in [3.8, 4) is 5.75 Å². The van der Waals surface area contributed by atoms with Crippen molar-refractivity contribution in [2.45, 2.75) is 38.0 Å². The number of para-hydroxylation sites is 1. The number of aliphatic hydroxyl groups is 1. The van der Waals surface area contributed by atoms with Crippen molar-refractivity contribution in [3.63, 3.8) is 0 Å². The number of aryl methyl sites for hydroxylation is 1. The number of piperidine rings is 1. The van der Waals surface area contributed by atoms with Crippen LogP contribution >= 0.6 is 0 Å². The molecule has 0 amide bonds. The molecule has 0 spiro atoms. The van der Waals surface area contributed by atoms with Gasteiger partial charge in [-0.15, -0.1) is 0 Å². The van der Waals surface area contributed by atoms with Gasteiger partial charge in [0.25, 0.3) is 0 Å². The van der Waals surface area contributed by atoms with Crippen molar-refractivity contribution in [3.05, 3.63) is 42.0 Å². The van der Waals surface area contributed by atoms with Crippen molar-refractivity contribution in [2.75, 3.05) is 26.9 Å². The highest BCUT2D eigenvalue weighted by atomic mass is 19.1. The van der Waals surface area contributed by atoms with Gasteiger partial charge in [0.2, 0.25) is 0 Å². The van der Waals surface area contributed by atoms with E-state index in [4.69, 9.17) is 4.74 Å². The van der Waals surface area contributed by atoms with Gasteiger partial charge in [-0.3, -0.25) is 4.90 Å². The predicted octanol–water partition coefficient (Wildman–Crippen LogP) is 1.83. The summed E-state index contributed by atoms with van der Waals surface area (Å²) in [6, 6.07) is 7.82. The minimum absolute atomic E-state index is 0.237. The lowest BCUT2D eigenvalue weighted by Gasteiger charge is -2.38. The van der Waals surface area contributed by atoms with Crippen LogP contribution in [0.15, 0.2) is 30.6 Å².